The van der Waals surface area contributed by atoms with Crippen molar-refractivity contribution in [1.82, 2.24) is 25.2 Å². The van der Waals surface area contributed by atoms with E-state index in [-0.39, 0.29) is 17.9 Å². The third-order valence-corrected chi connectivity index (χ3v) is 4.45. The Morgan fingerprint density at radius 3 is 3.04 bits per heavy atom. The minimum absolute atomic E-state index is 0.0365. The topological polar surface area (TPSA) is 68.5 Å². The smallest absolute Gasteiger partial charge is 0.243 e. The van der Waals surface area contributed by atoms with Gasteiger partial charge in [0.15, 0.2) is 0 Å². The SMILES string of the molecule is Fc1ccc(Br)cc1[C@@H]1C[C@@H](c2cccnc2)Nc2nnnn21. The lowest BCUT2D eigenvalue weighted by Gasteiger charge is -2.31. The van der Waals surface area contributed by atoms with Crippen molar-refractivity contribution in [1.29, 1.82) is 0 Å². The van der Waals surface area contributed by atoms with Gasteiger partial charge >= 0.3 is 0 Å². The molecule has 0 unspecified atom stereocenters. The number of fused-ring (bicyclic) bond motifs is 1. The highest BCUT2D eigenvalue weighted by molar-refractivity contribution is 9.10. The number of tetrazole rings is 1. The van der Waals surface area contributed by atoms with Crippen LogP contribution in [0.1, 0.15) is 29.6 Å². The van der Waals surface area contributed by atoms with Crippen LogP contribution in [0.3, 0.4) is 0 Å². The van der Waals surface area contributed by atoms with Gasteiger partial charge in [0.1, 0.15) is 5.82 Å². The Morgan fingerprint density at radius 1 is 1.30 bits per heavy atom. The number of nitrogens with one attached hydrogen (secondary N) is 1. The van der Waals surface area contributed by atoms with Crippen LogP contribution in [-0.2, 0) is 0 Å². The van der Waals surface area contributed by atoms with Gasteiger partial charge < -0.3 is 5.32 Å². The standard InChI is InChI=1S/C15H12BrFN6/c16-10-3-4-12(17)11(6-10)14-7-13(9-2-1-5-18-8-9)19-15-20-21-22-23(14)15/h1-6,8,13-14H,7H2,(H,19,20,22)/t13-,14-/m0/s1. The maximum Gasteiger partial charge on any atom is 0.243 e. The number of benzene rings is 1. The quantitative estimate of drug-likeness (QED) is 0.746. The molecule has 1 aliphatic rings. The van der Waals surface area contributed by atoms with Crippen molar-refractivity contribution in [2.24, 2.45) is 0 Å². The van der Waals surface area contributed by atoms with Gasteiger partial charge in [0.25, 0.3) is 0 Å². The van der Waals surface area contributed by atoms with E-state index in [0.717, 1.165) is 10.0 Å². The van der Waals surface area contributed by atoms with Crippen LogP contribution in [0.25, 0.3) is 0 Å². The van der Waals surface area contributed by atoms with Crippen molar-refractivity contribution in [2.75, 3.05) is 5.32 Å². The Morgan fingerprint density at radius 2 is 2.22 bits per heavy atom. The second-order valence-electron chi connectivity index (χ2n) is 5.35. The second kappa shape index (κ2) is 5.69. The van der Waals surface area contributed by atoms with E-state index in [4.69, 9.17) is 0 Å². The highest BCUT2D eigenvalue weighted by atomic mass is 79.9. The lowest BCUT2D eigenvalue weighted by atomic mass is 9.94. The van der Waals surface area contributed by atoms with Crippen LogP contribution >= 0.6 is 15.9 Å². The summed E-state index contributed by atoms with van der Waals surface area (Å²) < 4.78 is 16.8. The molecule has 6 nitrogen and oxygen atoms in total. The Labute approximate surface area is 139 Å². The summed E-state index contributed by atoms with van der Waals surface area (Å²) in [4.78, 5) is 4.15. The van der Waals surface area contributed by atoms with Gasteiger partial charge in [-0.2, -0.15) is 0 Å². The first kappa shape index (κ1) is 14.3. The fourth-order valence-corrected chi connectivity index (χ4v) is 3.25. The van der Waals surface area contributed by atoms with Gasteiger partial charge in [0.2, 0.25) is 5.95 Å². The zero-order valence-electron chi connectivity index (χ0n) is 11.9. The van der Waals surface area contributed by atoms with Crippen molar-refractivity contribution in [2.45, 2.75) is 18.5 Å². The number of rotatable bonds is 2. The molecule has 0 saturated heterocycles. The third kappa shape index (κ3) is 2.59. The molecule has 3 aromatic rings. The van der Waals surface area contributed by atoms with Crippen LogP contribution in [0, 0.1) is 5.82 Å². The zero-order chi connectivity index (χ0) is 15.8. The number of nitrogens with zero attached hydrogens (tertiary/aromatic N) is 5. The number of hydrogen-bond acceptors (Lipinski definition) is 5. The Hall–Kier alpha value is -2.35. The van der Waals surface area contributed by atoms with Crippen LogP contribution in [0.5, 0.6) is 0 Å². The Kier molecular flexibility index (Phi) is 3.53. The van der Waals surface area contributed by atoms with E-state index in [1.54, 1.807) is 29.2 Å². The molecule has 0 amide bonds. The molecule has 2 aromatic heterocycles. The summed E-state index contributed by atoms with van der Waals surface area (Å²) in [6.07, 6.45) is 4.14. The van der Waals surface area contributed by atoms with E-state index in [1.807, 2.05) is 12.1 Å². The summed E-state index contributed by atoms with van der Waals surface area (Å²) in [5, 5.41) is 15.0. The molecule has 0 spiro atoms. The van der Waals surface area contributed by atoms with Crippen LogP contribution < -0.4 is 5.32 Å². The van der Waals surface area contributed by atoms with Gasteiger partial charge in [-0.1, -0.05) is 27.1 Å². The van der Waals surface area contributed by atoms with Crippen LogP contribution in [-0.4, -0.2) is 25.2 Å². The molecule has 23 heavy (non-hydrogen) atoms. The summed E-state index contributed by atoms with van der Waals surface area (Å²) in [6, 6.07) is 8.44. The van der Waals surface area contributed by atoms with E-state index in [9.17, 15) is 4.39 Å². The second-order valence-corrected chi connectivity index (χ2v) is 6.26. The summed E-state index contributed by atoms with van der Waals surface area (Å²) in [5.41, 5.74) is 1.57. The van der Waals surface area contributed by atoms with Crippen LogP contribution in [0.15, 0.2) is 47.2 Å². The van der Waals surface area contributed by atoms with Crippen molar-refractivity contribution < 1.29 is 4.39 Å². The van der Waals surface area contributed by atoms with Gasteiger partial charge in [-0.3, -0.25) is 4.98 Å². The van der Waals surface area contributed by atoms with E-state index in [0.29, 0.717) is 17.9 Å². The average molecular weight is 375 g/mol. The van der Waals surface area contributed by atoms with Gasteiger partial charge in [0, 0.05) is 22.4 Å². The highest BCUT2D eigenvalue weighted by Crippen LogP contribution is 2.38. The molecule has 1 N–H and O–H groups in total. The first-order valence-corrected chi connectivity index (χ1v) is 7.91. The molecule has 1 aromatic carbocycles. The highest BCUT2D eigenvalue weighted by Gasteiger charge is 2.32. The number of aromatic nitrogens is 5. The molecule has 8 heteroatoms. The number of anilines is 1. The molecule has 3 heterocycles. The van der Waals surface area contributed by atoms with E-state index in [1.165, 1.54) is 6.07 Å². The summed E-state index contributed by atoms with van der Waals surface area (Å²) in [7, 11) is 0. The number of pyridine rings is 1. The molecular formula is C15H12BrFN6. The molecule has 0 bridgehead atoms. The maximum atomic E-state index is 14.3. The van der Waals surface area contributed by atoms with Gasteiger partial charge in [0.05, 0.1) is 12.1 Å². The molecule has 1 aliphatic heterocycles. The van der Waals surface area contributed by atoms with Crippen LogP contribution in [0.4, 0.5) is 10.3 Å². The lowest BCUT2D eigenvalue weighted by molar-refractivity contribution is 0.409. The monoisotopic (exact) mass is 374 g/mol. The average Bonchev–Trinajstić information content (AvgIpc) is 3.05. The lowest BCUT2D eigenvalue weighted by Crippen LogP contribution is -2.28. The number of hydrogen-bond donors (Lipinski definition) is 1. The molecule has 0 aliphatic carbocycles. The minimum atomic E-state index is -0.288. The van der Waals surface area contributed by atoms with Crippen molar-refractivity contribution in [3.05, 3.63) is 64.1 Å². The van der Waals surface area contributed by atoms with E-state index in [2.05, 4.69) is 41.8 Å². The van der Waals surface area contributed by atoms with Crippen molar-refractivity contribution in [3.63, 3.8) is 0 Å². The fraction of sp³-hybridized carbons (Fsp3) is 0.200. The third-order valence-electron chi connectivity index (χ3n) is 3.95. The molecule has 116 valence electrons. The molecule has 0 saturated carbocycles. The fourth-order valence-electron chi connectivity index (χ4n) is 2.87. The molecule has 2 atom stereocenters. The van der Waals surface area contributed by atoms with Crippen molar-refractivity contribution in [3.8, 4) is 0 Å². The first-order chi connectivity index (χ1) is 11.2. The predicted octanol–water partition coefficient (Wildman–Crippen LogP) is 3.12. The van der Waals surface area contributed by atoms with E-state index < -0.39 is 0 Å². The zero-order valence-corrected chi connectivity index (χ0v) is 13.5. The first-order valence-electron chi connectivity index (χ1n) is 7.11. The van der Waals surface area contributed by atoms with Gasteiger partial charge in [-0.05, 0) is 46.7 Å². The van der Waals surface area contributed by atoms with E-state index >= 15 is 0 Å². The van der Waals surface area contributed by atoms with Crippen molar-refractivity contribution >= 4 is 21.9 Å². The minimum Gasteiger partial charge on any atom is -0.346 e. The Balaban J connectivity index is 1.78. The molecular weight excluding hydrogens is 363 g/mol. The van der Waals surface area contributed by atoms with Crippen LogP contribution in [0.2, 0.25) is 0 Å². The molecule has 4 rings (SSSR count). The molecule has 0 fully saturated rings. The molecule has 0 radical (unpaired) electrons. The predicted molar refractivity (Wildman–Crippen MR) is 85.3 cm³/mol. The Bertz CT molecular complexity index is 837. The normalized spacial score (nSPS) is 19.9. The summed E-state index contributed by atoms with van der Waals surface area (Å²) >= 11 is 3.40. The largest absolute Gasteiger partial charge is 0.346 e. The summed E-state index contributed by atoms with van der Waals surface area (Å²) in [6.45, 7) is 0. The van der Waals surface area contributed by atoms with Gasteiger partial charge in [-0.25, -0.2) is 9.07 Å². The maximum absolute atomic E-state index is 14.3. The number of halogens is 2. The summed E-state index contributed by atoms with van der Waals surface area (Å²) in [5.74, 6) is 0.251. The van der Waals surface area contributed by atoms with Gasteiger partial charge in [-0.15, -0.1) is 0 Å².